The SMILES string of the molecule is CC(C)N(N)C(=O)CNc1nnn[nH]1. The standard InChI is InChI=1S/C6H13N7O/c1-4(2)13(7)5(14)3-8-6-9-11-12-10-6/h4H,3,7H2,1-2H3,(H2,8,9,10,11,12). The van der Waals surface area contributed by atoms with E-state index in [0.29, 0.717) is 5.95 Å². The monoisotopic (exact) mass is 199 g/mol. The van der Waals surface area contributed by atoms with Crippen LogP contribution >= 0.6 is 0 Å². The van der Waals surface area contributed by atoms with E-state index in [2.05, 4.69) is 25.9 Å². The van der Waals surface area contributed by atoms with Crippen molar-refractivity contribution in [2.45, 2.75) is 19.9 Å². The number of aromatic amines is 1. The first-order valence-electron chi connectivity index (χ1n) is 4.15. The van der Waals surface area contributed by atoms with Gasteiger partial charge in [-0.2, -0.15) is 0 Å². The number of hydrazine groups is 1. The number of carbonyl (C=O) groups excluding carboxylic acids is 1. The van der Waals surface area contributed by atoms with Gasteiger partial charge >= 0.3 is 0 Å². The number of carbonyl (C=O) groups is 1. The zero-order chi connectivity index (χ0) is 10.6. The number of tetrazole rings is 1. The Bertz CT molecular complexity index is 282. The number of rotatable bonds is 4. The van der Waals surface area contributed by atoms with E-state index < -0.39 is 0 Å². The van der Waals surface area contributed by atoms with Gasteiger partial charge in [0.25, 0.3) is 5.91 Å². The van der Waals surface area contributed by atoms with E-state index in [-0.39, 0.29) is 18.5 Å². The van der Waals surface area contributed by atoms with Crippen LogP contribution in [0.2, 0.25) is 0 Å². The fourth-order valence-corrected chi connectivity index (χ4v) is 0.773. The van der Waals surface area contributed by atoms with E-state index in [1.165, 1.54) is 0 Å². The van der Waals surface area contributed by atoms with E-state index in [9.17, 15) is 4.79 Å². The molecule has 0 fully saturated rings. The Morgan fingerprint density at radius 2 is 2.43 bits per heavy atom. The molecule has 4 N–H and O–H groups in total. The third-order valence-electron chi connectivity index (χ3n) is 1.60. The highest BCUT2D eigenvalue weighted by Gasteiger charge is 2.12. The predicted molar refractivity (Wildman–Crippen MR) is 48.8 cm³/mol. The number of hydrogen-bond donors (Lipinski definition) is 3. The van der Waals surface area contributed by atoms with Crippen molar-refractivity contribution < 1.29 is 4.79 Å². The molecule has 0 radical (unpaired) electrons. The van der Waals surface area contributed by atoms with Gasteiger partial charge < -0.3 is 5.32 Å². The molecule has 1 aromatic rings. The summed E-state index contributed by atoms with van der Waals surface area (Å²) in [5.74, 6) is 5.60. The maximum atomic E-state index is 11.3. The molecule has 1 heterocycles. The highest BCUT2D eigenvalue weighted by atomic mass is 16.2. The Morgan fingerprint density at radius 3 is 2.93 bits per heavy atom. The molecule has 0 atom stereocenters. The molecule has 0 unspecified atom stereocenters. The molecule has 1 amide bonds. The van der Waals surface area contributed by atoms with Crippen LogP contribution in [0.15, 0.2) is 0 Å². The van der Waals surface area contributed by atoms with Crippen molar-refractivity contribution in [3.63, 3.8) is 0 Å². The number of hydrogen-bond acceptors (Lipinski definition) is 6. The summed E-state index contributed by atoms with van der Waals surface area (Å²) >= 11 is 0. The summed E-state index contributed by atoms with van der Waals surface area (Å²) in [5, 5.41) is 16.5. The molecule has 78 valence electrons. The van der Waals surface area contributed by atoms with Crippen molar-refractivity contribution in [2.24, 2.45) is 5.84 Å². The number of nitrogens with one attached hydrogen (secondary N) is 2. The fraction of sp³-hybridized carbons (Fsp3) is 0.667. The molecule has 1 rings (SSSR count). The van der Waals surface area contributed by atoms with Crippen molar-refractivity contribution in [3.05, 3.63) is 0 Å². The fourth-order valence-electron chi connectivity index (χ4n) is 0.773. The quantitative estimate of drug-likeness (QED) is 0.316. The molecule has 8 heteroatoms. The lowest BCUT2D eigenvalue weighted by atomic mass is 10.3. The third-order valence-corrected chi connectivity index (χ3v) is 1.60. The first kappa shape index (κ1) is 10.4. The molecule has 0 aliphatic heterocycles. The average Bonchev–Trinajstić information content (AvgIpc) is 2.65. The Balaban J connectivity index is 2.35. The smallest absolute Gasteiger partial charge is 0.256 e. The van der Waals surface area contributed by atoms with Gasteiger partial charge in [-0.15, -0.1) is 0 Å². The lowest BCUT2D eigenvalue weighted by molar-refractivity contribution is -0.131. The van der Waals surface area contributed by atoms with Crippen LogP contribution in [0.5, 0.6) is 0 Å². The minimum absolute atomic E-state index is 0.0304. The van der Waals surface area contributed by atoms with Gasteiger partial charge in [-0.3, -0.25) is 9.80 Å². The maximum absolute atomic E-state index is 11.3. The molecule has 0 aliphatic carbocycles. The zero-order valence-corrected chi connectivity index (χ0v) is 8.06. The summed E-state index contributed by atoms with van der Waals surface area (Å²) in [4.78, 5) is 11.3. The van der Waals surface area contributed by atoms with Crippen LogP contribution in [-0.4, -0.2) is 44.1 Å². The topological polar surface area (TPSA) is 113 Å². The highest BCUT2D eigenvalue weighted by Crippen LogP contribution is 1.93. The van der Waals surface area contributed by atoms with Crippen molar-refractivity contribution in [2.75, 3.05) is 11.9 Å². The van der Waals surface area contributed by atoms with Gasteiger partial charge in [0, 0.05) is 6.04 Å². The predicted octanol–water partition coefficient (Wildman–Crippen LogP) is -1.28. The maximum Gasteiger partial charge on any atom is 0.256 e. The third kappa shape index (κ3) is 2.66. The lowest BCUT2D eigenvalue weighted by Gasteiger charge is -2.20. The van der Waals surface area contributed by atoms with E-state index in [1.807, 2.05) is 13.8 Å². The first-order valence-corrected chi connectivity index (χ1v) is 4.15. The number of amides is 1. The molecule has 8 nitrogen and oxygen atoms in total. The molecular weight excluding hydrogens is 186 g/mol. The molecular formula is C6H13N7O. The number of nitrogens with two attached hydrogens (primary N) is 1. The molecule has 0 saturated heterocycles. The highest BCUT2D eigenvalue weighted by molar-refractivity contribution is 5.79. The van der Waals surface area contributed by atoms with Crippen LogP contribution in [0, 0.1) is 0 Å². The number of H-pyrrole nitrogens is 1. The van der Waals surface area contributed by atoms with Crippen molar-refractivity contribution in [3.8, 4) is 0 Å². The number of anilines is 1. The van der Waals surface area contributed by atoms with Gasteiger partial charge in [0.2, 0.25) is 5.95 Å². The second-order valence-corrected chi connectivity index (χ2v) is 3.00. The molecule has 0 spiro atoms. The molecule has 1 aromatic heterocycles. The summed E-state index contributed by atoms with van der Waals surface area (Å²) in [6, 6.07) is -0.0304. The van der Waals surface area contributed by atoms with E-state index in [1.54, 1.807) is 0 Å². The van der Waals surface area contributed by atoms with Gasteiger partial charge in [0.05, 0.1) is 6.54 Å². The Kier molecular flexibility index (Phi) is 3.35. The van der Waals surface area contributed by atoms with E-state index in [4.69, 9.17) is 5.84 Å². The summed E-state index contributed by atoms with van der Waals surface area (Å²) in [6.07, 6.45) is 0. The Labute approximate surface area is 80.8 Å². The zero-order valence-electron chi connectivity index (χ0n) is 8.06. The van der Waals surface area contributed by atoms with E-state index in [0.717, 1.165) is 5.01 Å². The number of nitrogens with zero attached hydrogens (tertiary/aromatic N) is 4. The first-order chi connectivity index (χ1) is 6.61. The van der Waals surface area contributed by atoms with Crippen LogP contribution in [0.3, 0.4) is 0 Å². The van der Waals surface area contributed by atoms with Crippen molar-refractivity contribution in [1.29, 1.82) is 0 Å². The molecule has 14 heavy (non-hydrogen) atoms. The van der Waals surface area contributed by atoms with Gasteiger partial charge in [0.15, 0.2) is 0 Å². The summed E-state index contributed by atoms with van der Waals surface area (Å²) in [6.45, 7) is 3.72. The Morgan fingerprint density at radius 1 is 1.71 bits per heavy atom. The number of aromatic nitrogens is 4. The second kappa shape index (κ2) is 4.51. The lowest BCUT2D eigenvalue weighted by Crippen LogP contribution is -2.45. The normalized spacial score (nSPS) is 10.3. The van der Waals surface area contributed by atoms with Crippen LogP contribution in [0.4, 0.5) is 5.95 Å². The molecule has 0 saturated carbocycles. The van der Waals surface area contributed by atoms with Crippen LogP contribution in [0.25, 0.3) is 0 Å². The van der Waals surface area contributed by atoms with Gasteiger partial charge in [0.1, 0.15) is 0 Å². The summed E-state index contributed by atoms with van der Waals surface area (Å²) in [7, 11) is 0. The molecule has 0 aromatic carbocycles. The summed E-state index contributed by atoms with van der Waals surface area (Å²) in [5.41, 5.74) is 0. The minimum Gasteiger partial charge on any atom is -0.344 e. The largest absolute Gasteiger partial charge is 0.344 e. The van der Waals surface area contributed by atoms with E-state index >= 15 is 0 Å². The van der Waals surface area contributed by atoms with Crippen molar-refractivity contribution in [1.82, 2.24) is 25.6 Å². The second-order valence-electron chi connectivity index (χ2n) is 3.00. The van der Waals surface area contributed by atoms with Gasteiger partial charge in [-0.05, 0) is 24.3 Å². The van der Waals surface area contributed by atoms with Crippen LogP contribution in [-0.2, 0) is 4.79 Å². The van der Waals surface area contributed by atoms with Gasteiger partial charge in [-0.25, -0.2) is 10.9 Å². The minimum atomic E-state index is -0.226. The molecule has 0 aliphatic rings. The van der Waals surface area contributed by atoms with Crippen LogP contribution < -0.4 is 11.2 Å². The molecule has 0 bridgehead atoms. The summed E-state index contributed by atoms with van der Waals surface area (Å²) < 4.78 is 0. The Hall–Kier alpha value is -1.70. The van der Waals surface area contributed by atoms with Gasteiger partial charge in [-0.1, -0.05) is 5.10 Å². The van der Waals surface area contributed by atoms with Crippen molar-refractivity contribution >= 4 is 11.9 Å². The van der Waals surface area contributed by atoms with Crippen LogP contribution in [0.1, 0.15) is 13.8 Å². The average molecular weight is 199 g/mol.